The number of fused-ring (bicyclic) bond motifs is 7. The Morgan fingerprint density at radius 1 is 1.05 bits per heavy atom. The Labute approximate surface area is 350 Å². The van der Waals surface area contributed by atoms with Gasteiger partial charge < -0.3 is 40.3 Å². The molecular weight excluding hydrogens is 767 g/mol. The first-order valence-corrected chi connectivity index (χ1v) is 24.4. The van der Waals surface area contributed by atoms with Crippen molar-refractivity contribution in [1.29, 1.82) is 0 Å². The fourth-order valence-electron chi connectivity index (χ4n) is 13.5. The number of nitrogens with one attached hydrogen (secondary N) is 2. The van der Waals surface area contributed by atoms with E-state index in [1.807, 2.05) is 4.90 Å². The SMILES string of the molecule is CCN(CC)C(=O)[C@@H]1C=C2c3cccc4[nH]cc(c34)C[C@H]2N(C)C1.C[C@H](CCC(=O)NCCP(=O)(O)O)[C@H]1CC[C@H]2[C@@H]3[C@H](O)C[C@@H]4C[C@H](O)CC[C@]4(C)[C@H]3C[C@H](O)[C@]12C. The average molecular weight is 839 g/mol. The van der Waals surface area contributed by atoms with Crippen LogP contribution in [0.3, 0.4) is 0 Å². The predicted octanol–water partition coefficient (Wildman–Crippen LogP) is 5.56. The van der Waals surface area contributed by atoms with Gasteiger partial charge in [0.1, 0.15) is 0 Å². The van der Waals surface area contributed by atoms with Crippen LogP contribution in [-0.4, -0.2) is 115 Å². The van der Waals surface area contributed by atoms with Gasteiger partial charge in [0.2, 0.25) is 11.8 Å². The van der Waals surface area contributed by atoms with Crippen LogP contribution in [0.1, 0.15) is 104 Å². The van der Waals surface area contributed by atoms with Crippen LogP contribution in [0.2, 0.25) is 0 Å². The molecule has 12 nitrogen and oxygen atoms in total. The fraction of sp³-hybridized carbons (Fsp3) is 0.739. The van der Waals surface area contributed by atoms with E-state index < -0.39 is 19.8 Å². The van der Waals surface area contributed by atoms with Crippen molar-refractivity contribution in [3.8, 4) is 0 Å². The molecule has 4 fully saturated rings. The van der Waals surface area contributed by atoms with Crippen LogP contribution in [0, 0.1) is 52.3 Å². The minimum atomic E-state index is -4.12. The number of aliphatic hydroxyl groups is 3. The third-order valence-electron chi connectivity index (χ3n) is 16.7. The minimum absolute atomic E-state index is 0.0306. The zero-order valence-electron chi connectivity index (χ0n) is 36.1. The number of likely N-dealkylation sites (N-methyl/N-ethyl adjacent to an activating group) is 1. The molecule has 0 saturated heterocycles. The van der Waals surface area contributed by atoms with E-state index in [-0.39, 0.29) is 77.0 Å². The fourth-order valence-corrected chi connectivity index (χ4v) is 13.9. The molecule has 0 spiro atoms. The first-order valence-electron chi connectivity index (χ1n) is 22.6. The number of carbonyl (C=O) groups excluding carboxylic acids is 2. The highest BCUT2D eigenvalue weighted by molar-refractivity contribution is 7.51. The van der Waals surface area contributed by atoms with Gasteiger partial charge in [0.05, 0.1) is 30.4 Å². The Morgan fingerprint density at radius 3 is 2.51 bits per heavy atom. The van der Waals surface area contributed by atoms with Gasteiger partial charge in [-0.25, -0.2) is 0 Å². The summed E-state index contributed by atoms with van der Waals surface area (Å²) in [5, 5.41) is 37.2. The third-order valence-corrected chi connectivity index (χ3v) is 17.5. The van der Waals surface area contributed by atoms with Gasteiger partial charge in [-0.05, 0) is 148 Å². The van der Waals surface area contributed by atoms with Gasteiger partial charge in [-0.15, -0.1) is 0 Å². The van der Waals surface area contributed by atoms with E-state index in [9.17, 15) is 29.5 Å². The molecule has 0 radical (unpaired) electrons. The highest BCUT2D eigenvalue weighted by atomic mass is 31.2. The zero-order valence-corrected chi connectivity index (χ0v) is 37.0. The van der Waals surface area contributed by atoms with Crippen molar-refractivity contribution in [2.75, 3.05) is 39.4 Å². The average Bonchev–Trinajstić information content (AvgIpc) is 3.77. The maximum atomic E-state index is 12.9. The quantitative estimate of drug-likeness (QED) is 0.151. The van der Waals surface area contributed by atoms with Gasteiger partial charge in [-0.2, -0.15) is 0 Å². The monoisotopic (exact) mass is 839 g/mol. The van der Waals surface area contributed by atoms with Gasteiger partial charge in [-0.1, -0.05) is 39.0 Å². The molecule has 13 atom stereocenters. The van der Waals surface area contributed by atoms with Crippen LogP contribution < -0.4 is 5.32 Å². The smallest absolute Gasteiger partial charge is 0.327 e. The summed E-state index contributed by atoms with van der Waals surface area (Å²) in [4.78, 5) is 50.7. The number of hydrogen-bond acceptors (Lipinski definition) is 7. The van der Waals surface area contributed by atoms with Crippen molar-refractivity contribution < 1.29 is 39.3 Å². The normalized spacial score (nSPS) is 36.8. The summed E-state index contributed by atoms with van der Waals surface area (Å²) in [5.41, 5.74) is 4.97. The largest absolute Gasteiger partial charge is 0.393 e. The van der Waals surface area contributed by atoms with Gasteiger partial charge in [0, 0.05) is 55.7 Å². The molecule has 328 valence electrons. The van der Waals surface area contributed by atoms with Crippen LogP contribution in [0.4, 0.5) is 0 Å². The topological polar surface area (TPSA) is 187 Å². The molecule has 1 aromatic heterocycles. The second-order valence-electron chi connectivity index (χ2n) is 19.7. The lowest BCUT2D eigenvalue weighted by Crippen LogP contribution is -2.62. The van der Waals surface area contributed by atoms with Crippen molar-refractivity contribution in [1.82, 2.24) is 20.1 Å². The first-order chi connectivity index (χ1) is 27.9. The van der Waals surface area contributed by atoms with E-state index in [4.69, 9.17) is 9.79 Å². The molecule has 0 unspecified atom stereocenters. The highest BCUT2D eigenvalue weighted by Gasteiger charge is 2.65. The molecule has 7 N–H and O–H groups in total. The number of hydrogen-bond donors (Lipinski definition) is 7. The van der Waals surface area contributed by atoms with E-state index in [0.717, 1.165) is 64.6 Å². The summed E-state index contributed by atoms with van der Waals surface area (Å²) in [6.07, 6.45) is 10.8. The number of rotatable bonds is 10. The lowest BCUT2D eigenvalue weighted by Gasteiger charge is -2.63. The second kappa shape index (κ2) is 17.3. The molecule has 5 aliphatic carbocycles. The molecule has 13 heteroatoms. The molecule has 1 aromatic carbocycles. The lowest BCUT2D eigenvalue weighted by molar-refractivity contribution is -0.207. The van der Waals surface area contributed by atoms with Crippen molar-refractivity contribution in [2.45, 2.75) is 123 Å². The number of aromatic amines is 1. The van der Waals surface area contributed by atoms with Crippen molar-refractivity contribution >= 4 is 35.9 Å². The van der Waals surface area contributed by atoms with Crippen LogP contribution in [0.15, 0.2) is 30.5 Å². The Hall–Kier alpha value is -2.57. The van der Waals surface area contributed by atoms with Crippen LogP contribution in [0.5, 0.6) is 0 Å². The molecule has 2 aromatic rings. The van der Waals surface area contributed by atoms with E-state index in [1.165, 1.54) is 27.6 Å². The minimum Gasteiger partial charge on any atom is -0.393 e. The molecule has 1 aliphatic heterocycles. The summed E-state index contributed by atoms with van der Waals surface area (Å²) in [6.45, 7) is 13.1. The van der Waals surface area contributed by atoms with Crippen LogP contribution in [0.25, 0.3) is 16.5 Å². The first kappa shape index (κ1) is 44.5. The number of carbonyl (C=O) groups is 2. The standard InChI is InChI=1S/C26H46NO7P.C20H25N3O/c1-15(4-7-23(31)27-10-11-35(32,33)34)18-5-6-19-24-20(14-22(30)26(18,19)3)25(2)9-8-17(28)12-16(25)13-21(24)29;1-4-23(5-2)20(24)14-9-16-15-7-6-8-17-19(15)13(11-21-17)10-18(16)22(3)12-14/h15-22,24,28-30H,4-14H2,1-3H3,(H,27,31)(H2,32,33,34);6-9,11,14,18,21H,4-5,10,12H2,1-3H3/t15-,16+,17-,18-,19+,20+,21-,22+,24+,25+,26-;14-,18-/m11/s1. The highest BCUT2D eigenvalue weighted by Crippen LogP contribution is 2.68. The number of benzene rings is 1. The second-order valence-corrected chi connectivity index (χ2v) is 21.5. The van der Waals surface area contributed by atoms with Gasteiger partial charge >= 0.3 is 7.60 Å². The summed E-state index contributed by atoms with van der Waals surface area (Å²) in [5.74, 6) is 1.49. The molecule has 8 rings (SSSR count). The molecule has 4 saturated carbocycles. The van der Waals surface area contributed by atoms with E-state index in [2.05, 4.69) is 87.3 Å². The number of H-pyrrole nitrogens is 1. The van der Waals surface area contributed by atoms with Gasteiger partial charge in [-0.3, -0.25) is 19.1 Å². The molecule has 6 aliphatic rings. The summed E-state index contributed by atoms with van der Waals surface area (Å²) in [6, 6.07) is 6.82. The Morgan fingerprint density at radius 2 is 1.80 bits per heavy atom. The van der Waals surface area contributed by atoms with Crippen LogP contribution in [-0.2, 0) is 20.6 Å². The Bertz CT molecular complexity index is 1930. The maximum Gasteiger partial charge on any atom is 0.327 e. The van der Waals surface area contributed by atoms with E-state index in [0.29, 0.717) is 31.2 Å². The Kier molecular flexibility index (Phi) is 13.0. The zero-order chi connectivity index (χ0) is 42.6. The van der Waals surface area contributed by atoms with Gasteiger partial charge in [0.15, 0.2) is 0 Å². The van der Waals surface area contributed by atoms with Crippen LogP contribution >= 0.6 is 7.60 Å². The summed E-state index contributed by atoms with van der Waals surface area (Å²) in [7, 11) is -1.97. The van der Waals surface area contributed by atoms with Crippen molar-refractivity contribution in [3.05, 3.63) is 41.6 Å². The van der Waals surface area contributed by atoms with Crippen molar-refractivity contribution in [2.24, 2.45) is 52.3 Å². The van der Waals surface area contributed by atoms with E-state index >= 15 is 0 Å². The summed E-state index contributed by atoms with van der Waals surface area (Å²) >= 11 is 0. The third kappa shape index (κ3) is 8.38. The number of amides is 2. The predicted molar refractivity (Wildman–Crippen MR) is 230 cm³/mol. The molecule has 0 bridgehead atoms. The lowest BCUT2D eigenvalue weighted by atomic mass is 9.43. The van der Waals surface area contributed by atoms with Gasteiger partial charge in [0.25, 0.3) is 0 Å². The number of aliphatic hydroxyl groups excluding tert-OH is 3. The molecule has 2 amide bonds. The molecular formula is C46H71N4O8P. The van der Waals surface area contributed by atoms with Crippen molar-refractivity contribution in [3.63, 3.8) is 0 Å². The summed E-state index contributed by atoms with van der Waals surface area (Å²) < 4.78 is 11.0. The molecule has 59 heavy (non-hydrogen) atoms. The maximum absolute atomic E-state index is 12.9. The molecule has 2 heterocycles. The number of aromatic nitrogens is 1. The van der Waals surface area contributed by atoms with E-state index in [1.54, 1.807) is 0 Å². The number of nitrogens with zero attached hydrogens (tertiary/aromatic N) is 2. The Balaban J connectivity index is 0.000000191.